The minimum atomic E-state index is -0.220. The molecule has 5 heteroatoms. The van der Waals surface area contributed by atoms with Crippen LogP contribution in [0.3, 0.4) is 0 Å². The van der Waals surface area contributed by atoms with Crippen LogP contribution < -0.4 is 5.32 Å². The summed E-state index contributed by atoms with van der Waals surface area (Å²) in [6.07, 6.45) is 7.54. The molecule has 1 aromatic heterocycles. The molecule has 2 aromatic rings. The minimum absolute atomic E-state index is 0.0647. The summed E-state index contributed by atoms with van der Waals surface area (Å²) in [5.41, 5.74) is 3.98. The zero-order chi connectivity index (χ0) is 17.9. The standard InChI is InChI=1S/C21H25N3O2/c25-19-5-3-4-18-20(19)17(14-22-18)21(26)23-16-8-6-15(7-9-16)10-13-24-11-1-2-12-24/h6-9,14,22H,1-5,10-13H2,(H,23,26). The number of ketones is 1. The van der Waals surface area contributed by atoms with Crippen molar-refractivity contribution in [3.8, 4) is 0 Å². The van der Waals surface area contributed by atoms with E-state index < -0.39 is 0 Å². The Labute approximate surface area is 153 Å². The van der Waals surface area contributed by atoms with Crippen LogP contribution in [0, 0.1) is 0 Å². The molecule has 0 bridgehead atoms. The fraction of sp³-hybridized carbons (Fsp3) is 0.429. The van der Waals surface area contributed by atoms with Gasteiger partial charge >= 0.3 is 0 Å². The number of nitrogens with one attached hydrogen (secondary N) is 2. The molecule has 0 spiro atoms. The average molecular weight is 351 g/mol. The van der Waals surface area contributed by atoms with Gasteiger partial charge < -0.3 is 15.2 Å². The van der Waals surface area contributed by atoms with Gasteiger partial charge in [0.25, 0.3) is 5.91 Å². The maximum Gasteiger partial charge on any atom is 0.257 e. The van der Waals surface area contributed by atoms with E-state index in [9.17, 15) is 9.59 Å². The van der Waals surface area contributed by atoms with Crippen molar-refractivity contribution in [2.24, 2.45) is 0 Å². The zero-order valence-electron chi connectivity index (χ0n) is 15.0. The van der Waals surface area contributed by atoms with Gasteiger partial charge in [-0.05, 0) is 62.9 Å². The van der Waals surface area contributed by atoms with E-state index >= 15 is 0 Å². The van der Waals surface area contributed by atoms with Crippen LogP contribution in [-0.4, -0.2) is 41.2 Å². The third kappa shape index (κ3) is 3.58. The van der Waals surface area contributed by atoms with Crippen molar-refractivity contribution in [1.82, 2.24) is 9.88 Å². The number of benzene rings is 1. The smallest absolute Gasteiger partial charge is 0.257 e. The number of carbonyl (C=O) groups is 2. The Bertz CT molecular complexity index is 801. The lowest BCUT2D eigenvalue weighted by molar-refractivity contribution is 0.0956. The summed E-state index contributed by atoms with van der Waals surface area (Å²) in [5, 5.41) is 2.92. The molecule has 1 aromatic carbocycles. The van der Waals surface area contributed by atoms with Crippen LogP contribution in [0.1, 0.15) is 57.7 Å². The Morgan fingerprint density at radius 1 is 1.08 bits per heavy atom. The number of H-pyrrole nitrogens is 1. The van der Waals surface area contributed by atoms with Gasteiger partial charge in [0, 0.05) is 30.5 Å². The van der Waals surface area contributed by atoms with Gasteiger partial charge in [0.2, 0.25) is 0 Å². The van der Waals surface area contributed by atoms with Crippen molar-refractivity contribution in [2.45, 2.75) is 38.5 Å². The number of aryl methyl sites for hydroxylation is 1. The molecule has 2 N–H and O–H groups in total. The molecule has 4 rings (SSSR count). The molecule has 136 valence electrons. The monoisotopic (exact) mass is 351 g/mol. The lowest BCUT2D eigenvalue weighted by Crippen LogP contribution is -2.21. The van der Waals surface area contributed by atoms with Gasteiger partial charge in [0.05, 0.1) is 11.1 Å². The second-order valence-electron chi connectivity index (χ2n) is 7.28. The van der Waals surface area contributed by atoms with Crippen LogP contribution >= 0.6 is 0 Å². The van der Waals surface area contributed by atoms with Gasteiger partial charge in [-0.1, -0.05) is 12.1 Å². The number of anilines is 1. The van der Waals surface area contributed by atoms with Gasteiger partial charge in [0.15, 0.2) is 5.78 Å². The molecule has 0 atom stereocenters. The van der Waals surface area contributed by atoms with Gasteiger partial charge in [-0.25, -0.2) is 0 Å². The molecule has 1 amide bonds. The maximum absolute atomic E-state index is 12.6. The van der Waals surface area contributed by atoms with E-state index in [0.29, 0.717) is 17.5 Å². The van der Waals surface area contributed by atoms with E-state index in [1.165, 1.54) is 31.5 Å². The second-order valence-corrected chi connectivity index (χ2v) is 7.28. The highest BCUT2D eigenvalue weighted by Crippen LogP contribution is 2.25. The molecule has 1 fully saturated rings. The molecule has 1 aliphatic heterocycles. The van der Waals surface area contributed by atoms with E-state index in [1.807, 2.05) is 12.1 Å². The van der Waals surface area contributed by atoms with Crippen LogP contribution in [0.4, 0.5) is 5.69 Å². The second kappa shape index (κ2) is 7.46. The highest BCUT2D eigenvalue weighted by molar-refractivity contribution is 6.13. The number of rotatable bonds is 5. The minimum Gasteiger partial charge on any atom is -0.364 e. The molecule has 2 aliphatic rings. The Morgan fingerprint density at radius 2 is 1.85 bits per heavy atom. The number of Topliss-reactive ketones (excluding diaryl/α,β-unsaturated/α-hetero) is 1. The van der Waals surface area contributed by atoms with Crippen molar-refractivity contribution in [3.05, 3.63) is 52.8 Å². The van der Waals surface area contributed by atoms with E-state index in [1.54, 1.807) is 6.20 Å². The van der Waals surface area contributed by atoms with Gasteiger partial charge in [0.1, 0.15) is 0 Å². The molecular weight excluding hydrogens is 326 g/mol. The van der Waals surface area contributed by atoms with E-state index in [4.69, 9.17) is 0 Å². The quantitative estimate of drug-likeness (QED) is 0.867. The SMILES string of the molecule is O=C(Nc1ccc(CCN2CCCC2)cc1)c1c[nH]c2c1C(=O)CCC2. The number of amides is 1. The van der Waals surface area contributed by atoms with E-state index in [2.05, 4.69) is 27.3 Å². The lowest BCUT2D eigenvalue weighted by Gasteiger charge is -2.14. The third-order valence-corrected chi connectivity index (χ3v) is 5.44. The van der Waals surface area contributed by atoms with Crippen LogP contribution in [0.2, 0.25) is 0 Å². The molecule has 5 nitrogen and oxygen atoms in total. The average Bonchev–Trinajstić information content (AvgIpc) is 3.31. The number of nitrogens with zero attached hydrogens (tertiary/aromatic N) is 1. The van der Waals surface area contributed by atoms with Crippen LogP contribution in [0.5, 0.6) is 0 Å². The Balaban J connectivity index is 1.39. The predicted octanol–water partition coefficient (Wildman–Crippen LogP) is 3.42. The van der Waals surface area contributed by atoms with Crippen molar-refractivity contribution in [1.29, 1.82) is 0 Å². The predicted molar refractivity (Wildman–Crippen MR) is 102 cm³/mol. The summed E-state index contributed by atoms with van der Waals surface area (Å²) >= 11 is 0. The third-order valence-electron chi connectivity index (χ3n) is 5.44. The first-order valence-electron chi connectivity index (χ1n) is 9.57. The summed E-state index contributed by atoms with van der Waals surface area (Å²) in [6.45, 7) is 3.53. The molecule has 0 radical (unpaired) electrons. The fourth-order valence-corrected chi connectivity index (χ4v) is 3.96. The molecule has 26 heavy (non-hydrogen) atoms. The Hall–Kier alpha value is -2.40. The fourth-order valence-electron chi connectivity index (χ4n) is 3.96. The van der Waals surface area contributed by atoms with Crippen molar-refractivity contribution in [2.75, 3.05) is 25.0 Å². The molecule has 1 aliphatic carbocycles. The molecule has 2 heterocycles. The normalized spacial score (nSPS) is 17.3. The summed E-state index contributed by atoms with van der Waals surface area (Å²) in [6, 6.07) is 8.03. The van der Waals surface area contributed by atoms with E-state index in [-0.39, 0.29) is 11.7 Å². The number of hydrogen-bond donors (Lipinski definition) is 2. The zero-order valence-corrected chi connectivity index (χ0v) is 15.0. The van der Waals surface area contributed by atoms with Crippen molar-refractivity contribution in [3.63, 3.8) is 0 Å². The summed E-state index contributed by atoms with van der Waals surface area (Å²) in [4.78, 5) is 30.3. The highest BCUT2D eigenvalue weighted by atomic mass is 16.2. The first-order valence-corrected chi connectivity index (χ1v) is 9.57. The summed E-state index contributed by atoms with van der Waals surface area (Å²) in [7, 11) is 0. The van der Waals surface area contributed by atoms with E-state index in [0.717, 1.165) is 37.2 Å². The lowest BCUT2D eigenvalue weighted by atomic mass is 9.93. The van der Waals surface area contributed by atoms with Gasteiger partial charge in [-0.15, -0.1) is 0 Å². The van der Waals surface area contributed by atoms with Crippen LogP contribution in [0.15, 0.2) is 30.5 Å². The molecule has 1 saturated heterocycles. The number of hydrogen-bond acceptors (Lipinski definition) is 3. The number of aromatic nitrogens is 1. The van der Waals surface area contributed by atoms with Gasteiger partial charge in [-0.2, -0.15) is 0 Å². The maximum atomic E-state index is 12.6. The largest absolute Gasteiger partial charge is 0.364 e. The first-order chi connectivity index (χ1) is 12.7. The number of fused-ring (bicyclic) bond motifs is 1. The Kier molecular flexibility index (Phi) is 4.89. The molecule has 0 unspecified atom stereocenters. The van der Waals surface area contributed by atoms with Crippen LogP contribution in [0.25, 0.3) is 0 Å². The summed E-state index contributed by atoms with van der Waals surface area (Å²) in [5.74, 6) is -0.155. The Morgan fingerprint density at radius 3 is 2.62 bits per heavy atom. The van der Waals surface area contributed by atoms with Crippen molar-refractivity contribution >= 4 is 17.4 Å². The highest BCUT2D eigenvalue weighted by Gasteiger charge is 2.25. The number of likely N-dealkylation sites (tertiary alicyclic amines) is 1. The molecular formula is C21H25N3O2. The van der Waals surface area contributed by atoms with Crippen LogP contribution in [-0.2, 0) is 12.8 Å². The number of carbonyl (C=O) groups excluding carboxylic acids is 2. The molecule has 0 saturated carbocycles. The van der Waals surface area contributed by atoms with Gasteiger partial charge in [-0.3, -0.25) is 9.59 Å². The van der Waals surface area contributed by atoms with Crippen molar-refractivity contribution < 1.29 is 9.59 Å². The first kappa shape index (κ1) is 17.0. The topological polar surface area (TPSA) is 65.2 Å². The summed E-state index contributed by atoms with van der Waals surface area (Å²) < 4.78 is 0. The number of aromatic amines is 1.